The monoisotopic (exact) mass is 445 g/mol. The van der Waals surface area contributed by atoms with Crippen molar-refractivity contribution in [2.75, 3.05) is 19.0 Å². The van der Waals surface area contributed by atoms with E-state index < -0.39 is 39.7 Å². The number of rotatable bonds is 6. The normalized spacial score (nSPS) is 13.9. The van der Waals surface area contributed by atoms with Crippen LogP contribution in [0, 0.1) is 0 Å². The van der Waals surface area contributed by atoms with E-state index in [4.69, 9.17) is 5.11 Å². The number of carbonyl (C=O) groups is 4. The highest BCUT2D eigenvalue weighted by Crippen LogP contribution is 2.15. The van der Waals surface area contributed by atoms with E-state index >= 15 is 0 Å². The second-order valence-corrected chi connectivity index (χ2v) is 8.70. The van der Waals surface area contributed by atoms with Crippen molar-refractivity contribution in [1.29, 1.82) is 0 Å². The number of carboxylic acid groups (broad SMARTS) is 1. The van der Waals surface area contributed by atoms with Gasteiger partial charge in [-0.05, 0) is 29.8 Å². The summed E-state index contributed by atoms with van der Waals surface area (Å²) >= 11 is 0. The Labute approximate surface area is 178 Å². The molecule has 2 aromatic carbocycles. The van der Waals surface area contributed by atoms with Crippen LogP contribution in [-0.2, 0) is 21.1 Å². The third-order valence-corrected chi connectivity index (χ3v) is 6.09. The van der Waals surface area contributed by atoms with Crippen LogP contribution < -0.4 is 5.32 Å². The molecule has 0 bridgehead atoms. The summed E-state index contributed by atoms with van der Waals surface area (Å²) in [5.41, 5.74) is 0.730. The zero-order valence-electron chi connectivity index (χ0n) is 16.2. The zero-order valence-corrected chi connectivity index (χ0v) is 17.0. The number of sulfone groups is 1. The first kappa shape index (κ1) is 22.0. The summed E-state index contributed by atoms with van der Waals surface area (Å²) in [6.45, 7) is -0.0645. The Kier molecular flexibility index (Phi) is 6.35. The first-order valence-electron chi connectivity index (χ1n) is 9.19. The number of benzene rings is 2. The third kappa shape index (κ3) is 5.07. The van der Waals surface area contributed by atoms with E-state index in [0.29, 0.717) is 11.1 Å². The highest BCUT2D eigenvalue weighted by Gasteiger charge is 2.37. The fourth-order valence-corrected chi connectivity index (χ4v) is 4.01. The molecule has 0 spiro atoms. The molecular weight excluding hydrogens is 426 g/mol. The molecule has 0 aromatic heterocycles. The standard InChI is InChI=1S/C20H19N3O7S/c24-17(25)12-14-6-8-16(9-7-14)31(29,30)13-21-19(27)23-11-10-22(20(23)28)18(26)15-4-2-1-3-5-15/h1-9H,10-13H2,(H,21,27)(H,24,25). The molecule has 162 valence electrons. The van der Waals surface area contributed by atoms with Crippen molar-refractivity contribution in [2.24, 2.45) is 0 Å². The number of urea groups is 2. The number of carbonyl (C=O) groups excluding carboxylic acids is 3. The summed E-state index contributed by atoms with van der Waals surface area (Å²) in [5.74, 6) is -2.35. The average molecular weight is 445 g/mol. The van der Waals surface area contributed by atoms with Gasteiger partial charge in [0.05, 0.1) is 17.9 Å². The Bertz CT molecular complexity index is 1120. The van der Waals surface area contributed by atoms with Crippen LogP contribution in [0.2, 0.25) is 0 Å². The first-order chi connectivity index (χ1) is 14.7. The Morgan fingerprint density at radius 2 is 1.55 bits per heavy atom. The second kappa shape index (κ2) is 8.96. The number of hydrogen-bond donors (Lipinski definition) is 2. The summed E-state index contributed by atoms with van der Waals surface area (Å²) in [6, 6.07) is 11.6. The number of hydrogen-bond acceptors (Lipinski definition) is 6. The highest BCUT2D eigenvalue weighted by atomic mass is 32.2. The fraction of sp³-hybridized carbons (Fsp3) is 0.200. The van der Waals surface area contributed by atoms with E-state index in [2.05, 4.69) is 5.32 Å². The van der Waals surface area contributed by atoms with Gasteiger partial charge in [0.15, 0.2) is 9.84 Å². The van der Waals surface area contributed by atoms with Crippen molar-refractivity contribution < 1.29 is 32.7 Å². The molecule has 2 N–H and O–H groups in total. The molecule has 1 fully saturated rings. The molecule has 0 unspecified atom stereocenters. The van der Waals surface area contributed by atoms with Gasteiger partial charge in [0.2, 0.25) is 0 Å². The minimum absolute atomic E-state index is 0.00221. The van der Waals surface area contributed by atoms with Gasteiger partial charge in [-0.25, -0.2) is 22.9 Å². The number of carboxylic acids is 1. The van der Waals surface area contributed by atoms with E-state index in [1.807, 2.05) is 0 Å². The molecule has 3 rings (SSSR count). The van der Waals surface area contributed by atoms with Gasteiger partial charge >= 0.3 is 18.0 Å². The molecule has 1 aliphatic rings. The molecular formula is C20H19N3O7S. The van der Waals surface area contributed by atoms with Crippen molar-refractivity contribution in [3.05, 3.63) is 65.7 Å². The summed E-state index contributed by atoms with van der Waals surface area (Å²) in [5, 5.41) is 10.9. The highest BCUT2D eigenvalue weighted by molar-refractivity contribution is 7.91. The van der Waals surface area contributed by atoms with Crippen molar-refractivity contribution in [3.63, 3.8) is 0 Å². The Morgan fingerprint density at radius 3 is 2.16 bits per heavy atom. The quantitative estimate of drug-likeness (QED) is 0.683. The maximum absolute atomic E-state index is 12.5. The minimum Gasteiger partial charge on any atom is -0.481 e. The zero-order chi connectivity index (χ0) is 22.6. The predicted molar refractivity (Wildman–Crippen MR) is 108 cm³/mol. The Morgan fingerprint density at radius 1 is 0.935 bits per heavy atom. The summed E-state index contributed by atoms with van der Waals surface area (Å²) in [4.78, 5) is 49.5. The lowest BCUT2D eigenvalue weighted by atomic mass is 10.2. The molecule has 0 radical (unpaired) electrons. The van der Waals surface area contributed by atoms with Crippen LogP contribution in [0.4, 0.5) is 9.59 Å². The van der Waals surface area contributed by atoms with Gasteiger partial charge in [0, 0.05) is 12.1 Å². The number of imide groups is 2. The molecule has 5 amide bonds. The molecule has 0 aliphatic carbocycles. The number of nitrogens with one attached hydrogen (secondary N) is 1. The first-order valence-corrected chi connectivity index (χ1v) is 10.8. The maximum atomic E-state index is 12.5. The van der Waals surface area contributed by atoms with Crippen molar-refractivity contribution in [2.45, 2.75) is 11.3 Å². The van der Waals surface area contributed by atoms with Gasteiger partial charge in [-0.2, -0.15) is 0 Å². The van der Waals surface area contributed by atoms with E-state index in [1.165, 1.54) is 24.3 Å². The van der Waals surface area contributed by atoms with Crippen LogP contribution in [0.3, 0.4) is 0 Å². The van der Waals surface area contributed by atoms with Crippen LogP contribution in [0.15, 0.2) is 59.5 Å². The third-order valence-electron chi connectivity index (χ3n) is 4.57. The lowest BCUT2D eigenvalue weighted by Crippen LogP contribution is -2.45. The molecule has 11 heteroatoms. The number of amides is 5. The molecule has 1 heterocycles. The Balaban J connectivity index is 1.61. The molecule has 2 aromatic rings. The van der Waals surface area contributed by atoms with Gasteiger partial charge in [-0.15, -0.1) is 0 Å². The van der Waals surface area contributed by atoms with Gasteiger partial charge in [-0.1, -0.05) is 30.3 Å². The average Bonchev–Trinajstić information content (AvgIpc) is 3.13. The van der Waals surface area contributed by atoms with Gasteiger partial charge in [0.25, 0.3) is 5.91 Å². The molecule has 10 nitrogen and oxygen atoms in total. The fourth-order valence-electron chi connectivity index (χ4n) is 2.98. The molecule has 1 aliphatic heterocycles. The lowest BCUT2D eigenvalue weighted by molar-refractivity contribution is -0.136. The largest absolute Gasteiger partial charge is 0.481 e. The number of nitrogens with zero attached hydrogens (tertiary/aromatic N) is 2. The SMILES string of the molecule is O=C(O)Cc1ccc(S(=O)(=O)CNC(=O)N2CCN(C(=O)c3ccccc3)C2=O)cc1. The minimum atomic E-state index is -3.92. The lowest BCUT2D eigenvalue weighted by Gasteiger charge is -2.17. The molecule has 0 saturated carbocycles. The van der Waals surface area contributed by atoms with Crippen LogP contribution in [-0.4, -0.2) is 66.2 Å². The van der Waals surface area contributed by atoms with Gasteiger partial charge in [-0.3, -0.25) is 14.5 Å². The topological polar surface area (TPSA) is 141 Å². The summed E-state index contributed by atoms with van der Waals surface area (Å²) < 4.78 is 24.9. The smallest absolute Gasteiger partial charge is 0.335 e. The van der Waals surface area contributed by atoms with Crippen LogP contribution in [0.1, 0.15) is 15.9 Å². The van der Waals surface area contributed by atoms with Crippen molar-refractivity contribution in [1.82, 2.24) is 15.1 Å². The van der Waals surface area contributed by atoms with E-state index in [-0.39, 0.29) is 24.4 Å². The Hall–Kier alpha value is -3.73. The maximum Gasteiger partial charge on any atom is 0.335 e. The second-order valence-electron chi connectivity index (χ2n) is 6.71. The molecule has 0 atom stereocenters. The predicted octanol–water partition coefficient (Wildman–Crippen LogP) is 1.33. The van der Waals surface area contributed by atoms with Crippen LogP contribution >= 0.6 is 0 Å². The molecule has 1 saturated heterocycles. The van der Waals surface area contributed by atoms with E-state index in [1.54, 1.807) is 30.3 Å². The van der Waals surface area contributed by atoms with Gasteiger partial charge in [0.1, 0.15) is 5.88 Å². The van der Waals surface area contributed by atoms with Crippen molar-refractivity contribution >= 4 is 33.8 Å². The van der Waals surface area contributed by atoms with Gasteiger partial charge < -0.3 is 10.4 Å². The number of aliphatic carboxylic acids is 1. The van der Waals surface area contributed by atoms with E-state index in [9.17, 15) is 27.6 Å². The summed E-state index contributed by atoms with van der Waals surface area (Å²) in [6.07, 6.45) is -0.244. The van der Waals surface area contributed by atoms with Crippen LogP contribution in [0.5, 0.6) is 0 Å². The van der Waals surface area contributed by atoms with Crippen LogP contribution in [0.25, 0.3) is 0 Å². The summed E-state index contributed by atoms with van der Waals surface area (Å²) in [7, 11) is -3.92. The molecule has 31 heavy (non-hydrogen) atoms. The van der Waals surface area contributed by atoms with Crippen molar-refractivity contribution in [3.8, 4) is 0 Å². The van der Waals surface area contributed by atoms with E-state index in [0.717, 1.165) is 9.80 Å².